The summed E-state index contributed by atoms with van der Waals surface area (Å²) < 4.78 is 5.82. The van der Waals surface area contributed by atoms with Crippen LogP contribution in [-0.2, 0) is 68.7 Å². The van der Waals surface area contributed by atoms with Crippen molar-refractivity contribution in [2.75, 3.05) is 19.7 Å². The first-order valence-corrected chi connectivity index (χ1v) is 29.1. The number of nitrogens with one attached hydrogen (secondary N) is 10. The van der Waals surface area contributed by atoms with Crippen molar-refractivity contribution in [2.45, 2.75) is 164 Å². The van der Waals surface area contributed by atoms with Crippen LogP contribution < -0.4 is 48.3 Å². The Morgan fingerprint density at radius 1 is 0.761 bits per heavy atom. The molecule has 10 amide bonds. The number of cyclic esters (lactones) is 1. The van der Waals surface area contributed by atoms with Gasteiger partial charge >= 0.3 is 11.9 Å². The van der Waals surface area contributed by atoms with E-state index in [2.05, 4.69) is 52.5 Å². The third kappa shape index (κ3) is 14.2. The molecule has 16 unspecified atom stereocenters. The van der Waals surface area contributed by atoms with Gasteiger partial charge in [0.25, 0.3) is 0 Å². The highest BCUT2D eigenvalue weighted by Gasteiger charge is 2.55. The average Bonchev–Trinajstić information content (AvgIpc) is 2.30. The Morgan fingerprint density at radius 2 is 1.41 bits per heavy atom. The number of fused-ring (bicyclic) bond motifs is 4. The van der Waals surface area contributed by atoms with Crippen molar-refractivity contribution < 1.29 is 82.7 Å². The Hall–Kier alpha value is -9.00. The lowest BCUT2D eigenvalue weighted by Gasteiger charge is -2.44. The van der Waals surface area contributed by atoms with E-state index in [1.807, 2.05) is 18.2 Å². The van der Waals surface area contributed by atoms with E-state index in [-0.39, 0.29) is 32.2 Å². The largest absolute Gasteiger partial charge is 0.480 e. The van der Waals surface area contributed by atoms with E-state index < -0.39 is 187 Å². The Kier molecular flexibility index (Phi) is 20.5. The summed E-state index contributed by atoms with van der Waals surface area (Å²) in [7, 11) is 0. The molecule has 4 aromatic rings. The van der Waals surface area contributed by atoms with E-state index in [0.717, 1.165) is 29.7 Å². The smallest absolute Gasteiger partial charge is 0.329 e. The van der Waals surface area contributed by atoms with Gasteiger partial charge in [0.1, 0.15) is 66.5 Å². The number of aliphatic hydroxyl groups excluding tert-OH is 3. The standard InChI is InChI=1S/C58H75N13O17/c1-25(33-22-61-36-14-9-7-12-32(33)36)44-53(81)69-47-48(76)26(2)39-16-17-41(71(39)56(47)84)58(87)88-29(5)46(68-51(79)38(24-72)64-42(74)20-34(59)57(85)86)55(83)67-45(28(4)73)54(82)63-27(3)49(77)62-23-43(75)70-18-10-15-40(70)52(80)65-37(50(78)66-44)19-30-21-60-35-13-8-6-11-31(30)35/h6-9,11-14,21-22,25-29,34,37-41,44-48,60-61,72-73,76H,10,15-20,23-24,59H2,1-5H3,(H,62,77)(H,63,82)(H,64,74)(H,65,80)(H,66,78)(H,67,83)(H,68,79)(H,69,81)(H,85,86). The van der Waals surface area contributed by atoms with Crippen molar-refractivity contribution in [1.82, 2.24) is 62.3 Å². The van der Waals surface area contributed by atoms with Gasteiger partial charge < -0.3 is 93.2 Å². The van der Waals surface area contributed by atoms with Crippen LogP contribution in [0.4, 0.5) is 0 Å². The highest BCUT2D eigenvalue weighted by atomic mass is 16.5. The lowest BCUT2D eigenvalue weighted by atomic mass is 9.84. The quantitative estimate of drug-likeness (QED) is 0.0601. The first-order chi connectivity index (χ1) is 41.8. The summed E-state index contributed by atoms with van der Waals surface area (Å²) in [5, 5.41) is 63.3. The number of aromatic amines is 2. The molecule has 0 radical (unpaired) electrons. The maximum atomic E-state index is 15.2. The molecule has 474 valence electrons. The number of H-pyrrole nitrogens is 2. The van der Waals surface area contributed by atoms with Gasteiger partial charge in [-0.15, -0.1) is 0 Å². The number of benzene rings is 2. The molecule has 4 fully saturated rings. The fourth-order valence-electron chi connectivity index (χ4n) is 11.9. The maximum absolute atomic E-state index is 15.2. The van der Waals surface area contributed by atoms with Crippen LogP contribution >= 0.6 is 0 Å². The van der Waals surface area contributed by atoms with Gasteiger partial charge in [0, 0.05) is 65.0 Å². The van der Waals surface area contributed by atoms with Crippen LogP contribution in [-0.4, -0.2) is 216 Å². The van der Waals surface area contributed by atoms with E-state index in [1.165, 1.54) is 11.8 Å². The van der Waals surface area contributed by atoms with Crippen LogP contribution in [0.2, 0.25) is 0 Å². The van der Waals surface area contributed by atoms with Crippen LogP contribution in [0.1, 0.15) is 83.8 Å². The monoisotopic (exact) mass is 1230 g/mol. The number of hydrogen-bond acceptors (Lipinski definition) is 17. The summed E-state index contributed by atoms with van der Waals surface area (Å²) in [5.41, 5.74) is 8.05. The highest BCUT2D eigenvalue weighted by molar-refractivity contribution is 6.00. The first kappa shape index (κ1) is 65.0. The number of rotatable bonds is 12. The lowest BCUT2D eigenvalue weighted by molar-refractivity contribution is -0.167. The number of aliphatic hydroxyl groups is 3. The zero-order chi connectivity index (χ0) is 64.0. The molecule has 6 heterocycles. The number of piperidine rings is 1. The Morgan fingerprint density at radius 3 is 2.09 bits per heavy atom. The predicted octanol–water partition coefficient (Wildman–Crippen LogP) is -3.99. The molecule has 4 aliphatic rings. The summed E-state index contributed by atoms with van der Waals surface area (Å²) in [6, 6.07) is -2.85. The number of carbonyl (C=O) groups excluding carboxylic acids is 11. The van der Waals surface area contributed by atoms with E-state index in [9.17, 15) is 68.4 Å². The molecule has 16 atom stereocenters. The fraction of sp³-hybridized carbons (Fsp3) is 0.517. The fourth-order valence-corrected chi connectivity index (χ4v) is 11.9. The molecular weight excluding hydrogens is 1150 g/mol. The number of aromatic nitrogens is 2. The maximum Gasteiger partial charge on any atom is 0.329 e. The summed E-state index contributed by atoms with van der Waals surface area (Å²) in [5.74, 6) is -14.5. The molecule has 4 aliphatic heterocycles. The molecule has 4 saturated heterocycles. The van der Waals surface area contributed by atoms with Gasteiger partial charge in [-0.2, -0.15) is 0 Å². The van der Waals surface area contributed by atoms with E-state index in [0.29, 0.717) is 28.5 Å². The number of para-hydroxylation sites is 2. The topological polar surface area (TPSA) is 455 Å². The number of amides is 10. The number of carboxylic acid groups (broad SMARTS) is 1. The summed E-state index contributed by atoms with van der Waals surface area (Å²) in [6.07, 6.45) is -2.21. The Balaban J connectivity index is 1.16. The van der Waals surface area contributed by atoms with Gasteiger partial charge in [-0.05, 0) is 69.7 Å². The molecule has 30 nitrogen and oxygen atoms in total. The number of carbonyl (C=O) groups is 12. The minimum Gasteiger partial charge on any atom is -0.480 e. The van der Waals surface area contributed by atoms with Crippen molar-refractivity contribution in [1.29, 1.82) is 0 Å². The van der Waals surface area contributed by atoms with Gasteiger partial charge in [-0.3, -0.25) is 52.7 Å². The molecule has 16 N–H and O–H groups in total. The molecule has 88 heavy (non-hydrogen) atoms. The average molecular weight is 1230 g/mol. The second kappa shape index (κ2) is 27.8. The summed E-state index contributed by atoms with van der Waals surface area (Å²) >= 11 is 0. The number of ether oxygens (including phenoxy) is 1. The predicted molar refractivity (Wildman–Crippen MR) is 309 cm³/mol. The zero-order valence-corrected chi connectivity index (χ0v) is 48.9. The van der Waals surface area contributed by atoms with Gasteiger partial charge in [-0.25, -0.2) is 4.79 Å². The molecule has 8 rings (SSSR count). The Labute approximate surface area is 503 Å². The summed E-state index contributed by atoms with van der Waals surface area (Å²) in [4.78, 5) is 177. The number of nitrogens with zero attached hydrogens (tertiary/aromatic N) is 2. The normalized spacial score (nSPS) is 28.7. The molecule has 2 aromatic carbocycles. The lowest BCUT2D eigenvalue weighted by Crippen LogP contribution is -2.68. The van der Waals surface area contributed by atoms with Crippen LogP contribution in [0.3, 0.4) is 0 Å². The van der Waals surface area contributed by atoms with Gasteiger partial charge in [-0.1, -0.05) is 50.2 Å². The molecular formula is C58H75N13O17. The van der Waals surface area contributed by atoms with E-state index in [4.69, 9.17) is 10.5 Å². The van der Waals surface area contributed by atoms with Crippen molar-refractivity contribution in [3.05, 3.63) is 72.1 Å². The summed E-state index contributed by atoms with van der Waals surface area (Å²) in [6.45, 7) is 4.96. The van der Waals surface area contributed by atoms with Gasteiger partial charge in [0.05, 0.1) is 31.8 Å². The second-order valence-corrected chi connectivity index (χ2v) is 22.9. The molecule has 0 saturated carbocycles. The van der Waals surface area contributed by atoms with Crippen LogP contribution in [0.25, 0.3) is 21.8 Å². The minimum atomic E-state index is -2.07. The second-order valence-electron chi connectivity index (χ2n) is 22.9. The van der Waals surface area contributed by atoms with Crippen LogP contribution in [0.15, 0.2) is 60.9 Å². The minimum absolute atomic E-state index is 0.0673. The molecule has 0 aliphatic carbocycles. The SMILES string of the molecule is CC1NC(=O)C(C(C)O)NC(=O)C(NC(=O)C(CO)NC(=O)CC(N)C(=O)O)C(C)OC(=O)C2CCC3C(C)C(O)C(NC(=O)C(C(C)c4c[nH]c5ccccc45)NC(=O)C(Cc4c[nH]c5ccccc45)NC(=O)C4CCCN4C(=O)CNC1=O)C(=O)N23. The van der Waals surface area contributed by atoms with Crippen LogP contribution in [0, 0.1) is 5.92 Å². The number of esters is 1. The number of hydrogen-bond donors (Lipinski definition) is 15. The van der Waals surface area contributed by atoms with Crippen molar-refractivity contribution >= 4 is 92.8 Å². The highest BCUT2D eigenvalue weighted by Crippen LogP contribution is 2.38. The third-order valence-electron chi connectivity index (χ3n) is 16.9. The zero-order valence-electron chi connectivity index (χ0n) is 48.9. The van der Waals surface area contributed by atoms with Crippen molar-refractivity contribution in [3.8, 4) is 0 Å². The number of aliphatic carboxylic acids is 1. The third-order valence-corrected chi connectivity index (χ3v) is 16.9. The van der Waals surface area contributed by atoms with Crippen LogP contribution in [0.5, 0.6) is 0 Å². The molecule has 2 bridgehead atoms. The number of nitrogens with two attached hydrogens (primary N) is 1. The van der Waals surface area contributed by atoms with E-state index in [1.54, 1.807) is 56.6 Å². The van der Waals surface area contributed by atoms with E-state index >= 15 is 9.59 Å². The first-order valence-electron chi connectivity index (χ1n) is 29.1. The number of carboxylic acids is 1. The Bertz CT molecular complexity index is 3350. The molecule has 2 aromatic heterocycles. The van der Waals surface area contributed by atoms with Crippen molar-refractivity contribution in [2.24, 2.45) is 11.7 Å². The van der Waals surface area contributed by atoms with Gasteiger partial charge in [0.2, 0.25) is 59.1 Å². The molecule has 30 heteroatoms. The molecule has 0 spiro atoms. The van der Waals surface area contributed by atoms with Gasteiger partial charge in [0.15, 0.2) is 0 Å². The van der Waals surface area contributed by atoms with Crippen molar-refractivity contribution in [3.63, 3.8) is 0 Å².